The maximum Gasteiger partial charge on any atom is 0.241 e. The first-order chi connectivity index (χ1) is 8.03. The molecule has 1 fully saturated rings. The first-order valence-electron chi connectivity index (χ1n) is 5.27. The summed E-state index contributed by atoms with van der Waals surface area (Å²) < 4.78 is 26.7. The van der Waals surface area contributed by atoms with Crippen LogP contribution in [0.2, 0.25) is 0 Å². The van der Waals surface area contributed by atoms with Crippen molar-refractivity contribution in [3.05, 3.63) is 29.3 Å². The zero-order valence-electron chi connectivity index (χ0n) is 9.40. The van der Waals surface area contributed by atoms with E-state index in [0.29, 0.717) is 24.2 Å². The molecule has 0 spiro atoms. The van der Waals surface area contributed by atoms with E-state index in [1.807, 2.05) is 6.07 Å². The molecule has 6 heteroatoms. The molecule has 1 aliphatic heterocycles. The third-order valence-electron chi connectivity index (χ3n) is 2.70. The standard InChI is InChI=1S/C11H13N3O2S/c1-8-4-9(5-12)2-3-11(8)17(15,16)14-10-6-13-7-10/h2-4,10,13-14H,6-7H2,1H3. The van der Waals surface area contributed by atoms with Crippen LogP contribution in [-0.4, -0.2) is 27.5 Å². The summed E-state index contributed by atoms with van der Waals surface area (Å²) in [6.07, 6.45) is 0. The Labute approximate surface area is 101 Å². The maximum absolute atomic E-state index is 12.0. The topological polar surface area (TPSA) is 82.0 Å². The molecule has 0 bridgehead atoms. The van der Waals surface area contributed by atoms with E-state index >= 15 is 0 Å². The van der Waals surface area contributed by atoms with E-state index < -0.39 is 10.0 Å². The molecule has 0 unspecified atom stereocenters. The van der Waals surface area contributed by atoms with Gasteiger partial charge in [-0.05, 0) is 30.7 Å². The van der Waals surface area contributed by atoms with Crippen molar-refractivity contribution in [2.24, 2.45) is 0 Å². The molecule has 17 heavy (non-hydrogen) atoms. The SMILES string of the molecule is Cc1cc(C#N)ccc1S(=O)(=O)NC1CNC1. The van der Waals surface area contributed by atoms with Gasteiger partial charge < -0.3 is 5.32 Å². The third-order valence-corrected chi connectivity index (χ3v) is 4.38. The van der Waals surface area contributed by atoms with Crippen LogP contribution in [-0.2, 0) is 10.0 Å². The van der Waals surface area contributed by atoms with Crippen molar-refractivity contribution in [3.63, 3.8) is 0 Å². The highest BCUT2D eigenvalue weighted by Gasteiger charge is 2.25. The second-order valence-corrected chi connectivity index (χ2v) is 5.75. The highest BCUT2D eigenvalue weighted by molar-refractivity contribution is 7.89. The summed E-state index contributed by atoms with van der Waals surface area (Å²) in [5.74, 6) is 0. The molecule has 0 aromatic heterocycles. The Morgan fingerprint density at radius 2 is 2.18 bits per heavy atom. The lowest BCUT2D eigenvalue weighted by molar-refractivity contribution is 0.410. The van der Waals surface area contributed by atoms with Gasteiger partial charge in [-0.15, -0.1) is 0 Å². The number of benzene rings is 1. The molecular formula is C11H13N3O2S. The van der Waals surface area contributed by atoms with Gasteiger partial charge in [-0.3, -0.25) is 0 Å². The first kappa shape index (κ1) is 12.0. The Hall–Kier alpha value is -1.42. The second kappa shape index (κ2) is 4.45. The van der Waals surface area contributed by atoms with Crippen molar-refractivity contribution in [2.75, 3.05) is 13.1 Å². The number of nitriles is 1. The van der Waals surface area contributed by atoms with Crippen molar-refractivity contribution < 1.29 is 8.42 Å². The van der Waals surface area contributed by atoms with E-state index in [0.717, 1.165) is 0 Å². The minimum absolute atomic E-state index is 0.0324. The number of nitrogens with one attached hydrogen (secondary N) is 2. The predicted octanol–water partition coefficient (Wildman–Crippen LogP) is 0.117. The van der Waals surface area contributed by atoms with Gasteiger partial charge in [-0.1, -0.05) is 0 Å². The minimum Gasteiger partial charge on any atom is -0.313 e. The molecule has 1 heterocycles. The van der Waals surface area contributed by atoms with E-state index in [1.54, 1.807) is 13.0 Å². The molecule has 1 aromatic rings. The normalized spacial score (nSPS) is 16.2. The fraction of sp³-hybridized carbons (Fsp3) is 0.364. The lowest BCUT2D eigenvalue weighted by Crippen LogP contribution is -2.56. The average molecular weight is 251 g/mol. The monoisotopic (exact) mass is 251 g/mol. The van der Waals surface area contributed by atoms with Crippen LogP contribution < -0.4 is 10.0 Å². The van der Waals surface area contributed by atoms with E-state index in [1.165, 1.54) is 12.1 Å². The van der Waals surface area contributed by atoms with Crippen molar-refractivity contribution in [1.82, 2.24) is 10.0 Å². The van der Waals surface area contributed by atoms with E-state index in [4.69, 9.17) is 5.26 Å². The number of sulfonamides is 1. The van der Waals surface area contributed by atoms with Gasteiger partial charge >= 0.3 is 0 Å². The first-order valence-corrected chi connectivity index (χ1v) is 6.75. The summed E-state index contributed by atoms with van der Waals surface area (Å²) in [6.45, 7) is 3.01. The lowest BCUT2D eigenvalue weighted by Gasteiger charge is -2.27. The fourth-order valence-corrected chi connectivity index (χ4v) is 3.14. The van der Waals surface area contributed by atoms with Crippen LogP contribution in [0.1, 0.15) is 11.1 Å². The van der Waals surface area contributed by atoms with Gasteiger partial charge in [0.05, 0.1) is 16.5 Å². The van der Waals surface area contributed by atoms with Crippen LogP contribution in [0.25, 0.3) is 0 Å². The Morgan fingerprint density at radius 1 is 1.47 bits per heavy atom. The fourth-order valence-electron chi connectivity index (χ4n) is 1.68. The number of aryl methyl sites for hydroxylation is 1. The molecule has 1 aliphatic rings. The van der Waals surface area contributed by atoms with E-state index in [-0.39, 0.29) is 10.9 Å². The molecular weight excluding hydrogens is 238 g/mol. The van der Waals surface area contributed by atoms with Crippen molar-refractivity contribution in [3.8, 4) is 6.07 Å². The molecule has 90 valence electrons. The molecule has 1 saturated heterocycles. The Bertz CT molecular complexity index is 571. The minimum atomic E-state index is -3.48. The molecule has 5 nitrogen and oxygen atoms in total. The Balaban J connectivity index is 2.29. The maximum atomic E-state index is 12.0. The van der Waals surface area contributed by atoms with E-state index in [2.05, 4.69) is 10.0 Å². The largest absolute Gasteiger partial charge is 0.313 e. The number of rotatable bonds is 3. The lowest BCUT2D eigenvalue weighted by atomic mass is 10.2. The number of hydrogen-bond donors (Lipinski definition) is 2. The van der Waals surface area contributed by atoms with Crippen molar-refractivity contribution in [2.45, 2.75) is 17.9 Å². The predicted molar refractivity (Wildman–Crippen MR) is 62.9 cm³/mol. The van der Waals surface area contributed by atoms with Crippen LogP contribution in [0.3, 0.4) is 0 Å². The molecule has 0 saturated carbocycles. The number of hydrogen-bond acceptors (Lipinski definition) is 4. The van der Waals surface area contributed by atoms with Gasteiger partial charge in [0.1, 0.15) is 0 Å². The van der Waals surface area contributed by atoms with Crippen molar-refractivity contribution in [1.29, 1.82) is 5.26 Å². The van der Waals surface area contributed by atoms with Crippen LogP contribution in [0, 0.1) is 18.3 Å². The van der Waals surface area contributed by atoms with Gasteiger partial charge in [0.2, 0.25) is 10.0 Å². The zero-order valence-corrected chi connectivity index (χ0v) is 10.2. The van der Waals surface area contributed by atoms with Gasteiger partial charge in [0.15, 0.2) is 0 Å². The highest BCUT2D eigenvalue weighted by atomic mass is 32.2. The van der Waals surface area contributed by atoms with Crippen molar-refractivity contribution >= 4 is 10.0 Å². The summed E-state index contributed by atoms with van der Waals surface area (Å²) >= 11 is 0. The summed E-state index contributed by atoms with van der Waals surface area (Å²) in [4.78, 5) is 0.239. The van der Waals surface area contributed by atoms with Crippen LogP contribution in [0.4, 0.5) is 0 Å². The van der Waals surface area contributed by atoms with Gasteiger partial charge in [0, 0.05) is 19.1 Å². The highest BCUT2D eigenvalue weighted by Crippen LogP contribution is 2.17. The molecule has 2 rings (SSSR count). The van der Waals surface area contributed by atoms with Crippen LogP contribution in [0.5, 0.6) is 0 Å². The van der Waals surface area contributed by atoms with Gasteiger partial charge in [-0.25, -0.2) is 13.1 Å². The smallest absolute Gasteiger partial charge is 0.241 e. The van der Waals surface area contributed by atoms with E-state index in [9.17, 15) is 8.42 Å². The Kier molecular flexibility index (Phi) is 3.15. The molecule has 0 aliphatic carbocycles. The number of nitrogens with zero attached hydrogens (tertiary/aromatic N) is 1. The van der Waals surface area contributed by atoms with Crippen LogP contribution >= 0.6 is 0 Å². The van der Waals surface area contributed by atoms with Gasteiger partial charge in [-0.2, -0.15) is 5.26 Å². The molecule has 0 radical (unpaired) electrons. The van der Waals surface area contributed by atoms with Crippen LogP contribution in [0.15, 0.2) is 23.1 Å². The molecule has 2 N–H and O–H groups in total. The molecule has 0 atom stereocenters. The molecule has 0 amide bonds. The summed E-state index contributed by atoms with van der Waals surface area (Å²) in [6, 6.07) is 6.52. The average Bonchev–Trinajstić information content (AvgIpc) is 2.23. The quantitative estimate of drug-likeness (QED) is 0.799. The third kappa shape index (κ3) is 2.47. The van der Waals surface area contributed by atoms with Gasteiger partial charge in [0.25, 0.3) is 0 Å². The molecule has 1 aromatic carbocycles. The summed E-state index contributed by atoms with van der Waals surface area (Å²) in [5, 5.41) is 11.7. The second-order valence-electron chi connectivity index (χ2n) is 4.07. The summed E-state index contributed by atoms with van der Waals surface area (Å²) in [7, 11) is -3.48. The Morgan fingerprint density at radius 3 is 2.65 bits per heavy atom. The zero-order chi connectivity index (χ0) is 12.5. The summed E-state index contributed by atoms with van der Waals surface area (Å²) in [5.41, 5.74) is 1.05.